The van der Waals surface area contributed by atoms with E-state index in [-0.39, 0.29) is 0 Å². The Labute approximate surface area is 108 Å². The Morgan fingerprint density at radius 3 is 2.94 bits per heavy atom. The van der Waals surface area contributed by atoms with Crippen LogP contribution >= 0.6 is 11.6 Å². The van der Waals surface area contributed by atoms with Gasteiger partial charge in [0.25, 0.3) is 0 Å². The van der Waals surface area contributed by atoms with Crippen molar-refractivity contribution in [1.82, 2.24) is 5.32 Å². The summed E-state index contributed by atoms with van der Waals surface area (Å²) in [6, 6.07) is 4.49. The molecule has 0 bridgehead atoms. The minimum Gasteiger partial charge on any atom is -0.497 e. The third-order valence-corrected chi connectivity index (χ3v) is 3.77. The van der Waals surface area contributed by atoms with Crippen LogP contribution in [-0.4, -0.2) is 13.7 Å². The number of halogens is 1. The van der Waals surface area contributed by atoms with Gasteiger partial charge >= 0.3 is 0 Å². The molecule has 2 nitrogen and oxygen atoms in total. The highest BCUT2D eigenvalue weighted by Crippen LogP contribution is 2.36. The summed E-state index contributed by atoms with van der Waals surface area (Å²) in [6.07, 6.45) is 4.75. The topological polar surface area (TPSA) is 21.3 Å². The quantitative estimate of drug-likeness (QED) is 0.829. The van der Waals surface area contributed by atoms with E-state index < -0.39 is 0 Å². The van der Waals surface area contributed by atoms with E-state index >= 15 is 0 Å². The summed E-state index contributed by atoms with van der Waals surface area (Å²) < 4.78 is 5.32. The molecule has 1 unspecified atom stereocenters. The molecular weight excluding hydrogens is 234 g/mol. The molecule has 1 atom stereocenters. The predicted molar refractivity (Wildman–Crippen MR) is 72.0 cm³/mol. The Hall–Kier alpha value is -0.730. The lowest BCUT2D eigenvalue weighted by molar-refractivity contribution is 0.412. The first-order valence-corrected chi connectivity index (χ1v) is 6.73. The lowest BCUT2D eigenvalue weighted by Crippen LogP contribution is -2.21. The summed E-state index contributed by atoms with van der Waals surface area (Å²) in [5.41, 5.74) is 2.63. The number of hydrogen-bond donors (Lipinski definition) is 1. The van der Waals surface area contributed by atoms with Gasteiger partial charge in [0.05, 0.1) is 7.11 Å². The maximum absolute atomic E-state index is 6.36. The fourth-order valence-electron chi connectivity index (χ4n) is 2.59. The lowest BCUT2D eigenvalue weighted by atomic mass is 9.98. The van der Waals surface area contributed by atoms with Gasteiger partial charge in [-0.3, -0.25) is 0 Å². The van der Waals surface area contributed by atoms with Gasteiger partial charge in [-0.05, 0) is 49.1 Å². The second-order valence-electron chi connectivity index (χ2n) is 4.53. The average Bonchev–Trinajstić information content (AvgIpc) is 2.53. The SMILES string of the molecule is CCNC1CCCCc2c(Cl)cc(OC)cc21. The van der Waals surface area contributed by atoms with Crippen LogP contribution in [0.15, 0.2) is 12.1 Å². The van der Waals surface area contributed by atoms with Gasteiger partial charge in [0.15, 0.2) is 0 Å². The molecule has 3 heteroatoms. The van der Waals surface area contributed by atoms with Crippen LogP contribution in [0.5, 0.6) is 5.75 Å². The van der Waals surface area contributed by atoms with Gasteiger partial charge in [0.2, 0.25) is 0 Å². The molecular formula is C14H20ClNO. The third kappa shape index (κ3) is 2.75. The summed E-state index contributed by atoms with van der Waals surface area (Å²) in [7, 11) is 1.69. The Bertz CT molecular complexity index is 392. The van der Waals surface area contributed by atoms with Crippen molar-refractivity contribution in [2.24, 2.45) is 0 Å². The van der Waals surface area contributed by atoms with Crippen molar-refractivity contribution in [1.29, 1.82) is 0 Å². The molecule has 1 aromatic carbocycles. The normalized spacial score (nSPS) is 19.6. The monoisotopic (exact) mass is 253 g/mol. The maximum Gasteiger partial charge on any atom is 0.120 e. The molecule has 0 radical (unpaired) electrons. The summed E-state index contributed by atoms with van der Waals surface area (Å²) in [5.74, 6) is 0.860. The molecule has 0 amide bonds. The van der Waals surface area contributed by atoms with Gasteiger partial charge in [0.1, 0.15) is 5.75 Å². The molecule has 2 rings (SSSR count). The summed E-state index contributed by atoms with van der Waals surface area (Å²) in [5, 5.41) is 4.40. The number of fused-ring (bicyclic) bond motifs is 1. The summed E-state index contributed by atoms with van der Waals surface area (Å²) in [6.45, 7) is 3.13. The first kappa shape index (κ1) is 12.7. The third-order valence-electron chi connectivity index (χ3n) is 3.43. The molecule has 0 fully saturated rings. The molecule has 0 heterocycles. The zero-order chi connectivity index (χ0) is 12.3. The first-order chi connectivity index (χ1) is 8.26. The van der Waals surface area contributed by atoms with Gasteiger partial charge < -0.3 is 10.1 Å². The molecule has 1 N–H and O–H groups in total. The van der Waals surface area contributed by atoms with Crippen LogP contribution in [0.25, 0.3) is 0 Å². The van der Waals surface area contributed by atoms with Gasteiger partial charge in [-0.1, -0.05) is 24.9 Å². The summed E-state index contributed by atoms with van der Waals surface area (Å²) in [4.78, 5) is 0. The molecule has 0 aliphatic heterocycles. The van der Waals surface area contributed by atoms with Crippen LogP contribution in [-0.2, 0) is 6.42 Å². The molecule has 94 valence electrons. The molecule has 0 aromatic heterocycles. The molecule has 1 aliphatic rings. The lowest BCUT2D eigenvalue weighted by Gasteiger charge is -2.20. The van der Waals surface area contributed by atoms with Crippen LogP contribution < -0.4 is 10.1 Å². The number of hydrogen-bond acceptors (Lipinski definition) is 2. The molecule has 0 spiro atoms. The van der Waals surface area contributed by atoms with E-state index in [0.717, 1.165) is 23.7 Å². The Morgan fingerprint density at radius 1 is 1.41 bits per heavy atom. The van der Waals surface area contributed by atoms with Gasteiger partial charge in [-0.25, -0.2) is 0 Å². The molecule has 1 aliphatic carbocycles. The van der Waals surface area contributed by atoms with E-state index in [0.29, 0.717) is 6.04 Å². The second-order valence-corrected chi connectivity index (χ2v) is 4.94. The van der Waals surface area contributed by atoms with Crippen LogP contribution in [0, 0.1) is 0 Å². The van der Waals surface area contributed by atoms with Gasteiger partial charge in [-0.15, -0.1) is 0 Å². The standard InChI is InChI=1S/C14H20ClNO/c1-3-16-14-7-5-4-6-11-12(14)8-10(17-2)9-13(11)15/h8-9,14,16H,3-7H2,1-2H3. The van der Waals surface area contributed by atoms with E-state index in [1.54, 1.807) is 7.11 Å². The van der Waals surface area contributed by atoms with Crippen molar-refractivity contribution < 1.29 is 4.74 Å². The molecule has 17 heavy (non-hydrogen) atoms. The van der Waals surface area contributed by atoms with Crippen molar-refractivity contribution in [2.45, 2.75) is 38.6 Å². The zero-order valence-electron chi connectivity index (χ0n) is 10.6. The van der Waals surface area contributed by atoms with Gasteiger partial charge in [0, 0.05) is 11.1 Å². The van der Waals surface area contributed by atoms with E-state index in [1.165, 1.54) is 30.4 Å². The van der Waals surface area contributed by atoms with E-state index in [1.807, 2.05) is 6.07 Å². The van der Waals surface area contributed by atoms with Crippen LogP contribution in [0.1, 0.15) is 43.4 Å². The highest BCUT2D eigenvalue weighted by atomic mass is 35.5. The van der Waals surface area contributed by atoms with Crippen LogP contribution in [0.3, 0.4) is 0 Å². The zero-order valence-corrected chi connectivity index (χ0v) is 11.3. The van der Waals surface area contributed by atoms with Crippen molar-refractivity contribution >= 4 is 11.6 Å². The Balaban J connectivity index is 2.43. The highest BCUT2D eigenvalue weighted by Gasteiger charge is 2.20. The molecule has 1 aromatic rings. The van der Waals surface area contributed by atoms with E-state index in [2.05, 4.69) is 18.3 Å². The molecule has 0 saturated heterocycles. The smallest absolute Gasteiger partial charge is 0.120 e. The summed E-state index contributed by atoms with van der Waals surface area (Å²) >= 11 is 6.36. The number of ether oxygens (including phenoxy) is 1. The fourth-order valence-corrected chi connectivity index (χ4v) is 2.90. The minimum absolute atomic E-state index is 0.421. The number of methoxy groups -OCH3 is 1. The highest BCUT2D eigenvalue weighted by molar-refractivity contribution is 6.31. The largest absolute Gasteiger partial charge is 0.497 e. The van der Waals surface area contributed by atoms with Crippen molar-refractivity contribution in [3.05, 3.63) is 28.3 Å². The fraction of sp³-hybridized carbons (Fsp3) is 0.571. The number of benzene rings is 1. The van der Waals surface area contributed by atoms with Crippen LogP contribution in [0.4, 0.5) is 0 Å². The number of rotatable bonds is 3. The van der Waals surface area contributed by atoms with Crippen molar-refractivity contribution in [3.8, 4) is 5.75 Å². The second kappa shape index (κ2) is 5.74. The molecule has 0 saturated carbocycles. The van der Waals surface area contributed by atoms with E-state index in [9.17, 15) is 0 Å². The maximum atomic E-state index is 6.36. The average molecular weight is 254 g/mol. The number of nitrogens with one attached hydrogen (secondary N) is 1. The Kier molecular flexibility index (Phi) is 4.30. The van der Waals surface area contributed by atoms with Crippen molar-refractivity contribution in [2.75, 3.05) is 13.7 Å². The predicted octanol–water partition coefficient (Wildman–Crippen LogP) is 3.73. The van der Waals surface area contributed by atoms with Crippen LogP contribution in [0.2, 0.25) is 5.02 Å². The minimum atomic E-state index is 0.421. The van der Waals surface area contributed by atoms with E-state index in [4.69, 9.17) is 16.3 Å². The van der Waals surface area contributed by atoms with Crippen molar-refractivity contribution in [3.63, 3.8) is 0 Å². The first-order valence-electron chi connectivity index (χ1n) is 6.36. The Morgan fingerprint density at radius 2 is 2.24 bits per heavy atom. The van der Waals surface area contributed by atoms with Gasteiger partial charge in [-0.2, -0.15) is 0 Å².